The SMILES string of the molecule is CC(=O)CNc1sccc1C. The van der Waals surface area contributed by atoms with Gasteiger partial charge in [0.1, 0.15) is 5.78 Å². The van der Waals surface area contributed by atoms with Crippen molar-refractivity contribution in [2.75, 3.05) is 11.9 Å². The predicted octanol–water partition coefficient (Wildman–Crippen LogP) is 2.06. The second-order valence-electron chi connectivity index (χ2n) is 2.49. The summed E-state index contributed by atoms with van der Waals surface area (Å²) in [4.78, 5) is 10.6. The van der Waals surface area contributed by atoms with Crippen molar-refractivity contribution in [3.63, 3.8) is 0 Å². The lowest BCUT2D eigenvalue weighted by Crippen LogP contribution is -2.09. The van der Waals surface area contributed by atoms with Gasteiger partial charge >= 0.3 is 0 Å². The highest BCUT2D eigenvalue weighted by Crippen LogP contribution is 2.21. The van der Waals surface area contributed by atoms with Gasteiger partial charge < -0.3 is 5.32 Å². The molecule has 60 valence electrons. The van der Waals surface area contributed by atoms with Crippen LogP contribution in [-0.2, 0) is 4.79 Å². The van der Waals surface area contributed by atoms with Crippen molar-refractivity contribution >= 4 is 22.1 Å². The first-order valence-corrected chi connectivity index (χ1v) is 4.35. The Labute approximate surface area is 70.2 Å². The lowest BCUT2D eigenvalue weighted by Gasteiger charge is -2.00. The Balaban J connectivity index is 2.51. The van der Waals surface area contributed by atoms with Gasteiger partial charge in [0.05, 0.1) is 11.5 Å². The van der Waals surface area contributed by atoms with E-state index in [1.807, 2.05) is 18.4 Å². The zero-order valence-corrected chi connectivity index (χ0v) is 7.49. The van der Waals surface area contributed by atoms with Crippen LogP contribution in [0.5, 0.6) is 0 Å². The van der Waals surface area contributed by atoms with Gasteiger partial charge in [0.2, 0.25) is 0 Å². The van der Waals surface area contributed by atoms with E-state index in [4.69, 9.17) is 0 Å². The zero-order valence-electron chi connectivity index (χ0n) is 6.68. The molecule has 0 saturated carbocycles. The van der Waals surface area contributed by atoms with Gasteiger partial charge in [0.25, 0.3) is 0 Å². The number of hydrogen-bond acceptors (Lipinski definition) is 3. The lowest BCUT2D eigenvalue weighted by atomic mass is 10.3. The molecule has 1 rings (SSSR count). The Hall–Kier alpha value is -0.830. The van der Waals surface area contributed by atoms with Crippen LogP contribution >= 0.6 is 11.3 Å². The largest absolute Gasteiger partial charge is 0.370 e. The summed E-state index contributed by atoms with van der Waals surface area (Å²) in [6.45, 7) is 4.04. The van der Waals surface area contributed by atoms with Crippen LogP contribution in [0.1, 0.15) is 12.5 Å². The van der Waals surface area contributed by atoms with Crippen LogP contribution in [0.4, 0.5) is 5.00 Å². The highest BCUT2D eigenvalue weighted by Gasteiger charge is 1.98. The first-order chi connectivity index (χ1) is 5.20. The molecule has 0 aliphatic carbocycles. The number of carbonyl (C=O) groups is 1. The molecule has 0 radical (unpaired) electrons. The summed E-state index contributed by atoms with van der Waals surface area (Å²) in [6, 6.07) is 2.03. The fourth-order valence-electron chi connectivity index (χ4n) is 0.759. The number of carbonyl (C=O) groups excluding carboxylic acids is 1. The van der Waals surface area contributed by atoms with E-state index in [9.17, 15) is 4.79 Å². The molecule has 0 bridgehead atoms. The quantitative estimate of drug-likeness (QED) is 0.750. The smallest absolute Gasteiger partial charge is 0.148 e. The molecule has 1 heterocycles. The third-order valence-electron chi connectivity index (χ3n) is 1.36. The molecule has 0 spiro atoms. The molecule has 3 heteroatoms. The number of ketones is 1. The van der Waals surface area contributed by atoms with Crippen molar-refractivity contribution in [3.05, 3.63) is 17.0 Å². The summed E-state index contributed by atoms with van der Waals surface area (Å²) in [7, 11) is 0. The van der Waals surface area contributed by atoms with Crippen molar-refractivity contribution in [3.8, 4) is 0 Å². The van der Waals surface area contributed by atoms with E-state index < -0.39 is 0 Å². The number of nitrogens with one attached hydrogen (secondary N) is 1. The van der Waals surface area contributed by atoms with Gasteiger partial charge in [-0.1, -0.05) is 0 Å². The predicted molar refractivity (Wildman–Crippen MR) is 48.2 cm³/mol. The van der Waals surface area contributed by atoms with E-state index in [2.05, 4.69) is 5.32 Å². The summed E-state index contributed by atoms with van der Waals surface area (Å²) >= 11 is 1.63. The molecule has 1 aromatic heterocycles. The van der Waals surface area contributed by atoms with Crippen molar-refractivity contribution < 1.29 is 4.79 Å². The molecule has 1 aromatic rings. The summed E-state index contributed by atoms with van der Waals surface area (Å²) in [5.41, 5.74) is 1.20. The summed E-state index contributed by atoms with van der Waals surface area (Å²) in [5.74, 6) is 0.165. The van der Waals surface area contributed by atoms with Crippen LogP contribution in [0.2, 0.25) is 0 Å². The fourth-order valence-corrected chi connectivity index (χ4v) is 1.58. The Kier molecular flexibility index (Phi) is 2.65. The maximum absolute atomic E-state index is 10.6. The van der Waals surface area contributed by atoms with Crippen molar-refractivity contribution in [2.45, 2.75) is 13.8 Å². The molecule has 1 N–H and O–H groups in total. The van der Waals surface area contributed by atoms with Gasteiger partial charge in [-0.15, -0.1) is 11.3 Å². The van der Waals surface area contributed by atoms with E-state index in [1.54, 1.807) is 18.3 Å². The Morgan fingerprint density at radius 1 is 1.73 bits per heavy atom. The molecule has 0 fully saturated rings. The highest BCUT2D eigenvalue weighted by molar-refractivity contribution is 7.14. The first kappa shape index (κ1) is 8.27. The number of aryl methyl sites for hydroxylation is 1. The van der Waals surface area contributed by atoms with Crippen LogP contribution in [0.3, 0.4) is 0 Å². The minimum Gasteiger partial charge on any atom is -0.370 e. The number of hydrogen-bond donors (Lipinski definition) is 1. The van der Waals surface area contributed by atoms with Crippen LogP contribution < -0.4 is 5.32 Å². The van der Waals surface area contributed by atoms with Crippen molar-refractivity contribution in [1.82, 2.24) is 0 Å². The molecule has 0 aliphatic rings. The van der Waals surface area contributed by atoms with E-state index in [0.717, 1.165) is 5.00 Å². The summed E-state index contributed by atoms with van der Waals surface area (Å²) < 4.78 is 0. The van der Waals surface area contributed by atoms with Gasteiger partial charge in [0.15, 0.2) is 0 Å². The van der Waals surface area contributed by atoms with Crippen LogP contribution in [0.15, 0.2) is 11.4 Å². The molecule has 0 atom stereocenters. The first-order valence-electron chi connectivity index (χ1n) is 3.47. The van der Waals surface area contributed by atoms with Gasteiger partial charge in [-0.2, -0.15) is 0 Å². The van der Waals surface area contributed by atoms with E-state index in [0.29, 0.717) is 6.54 Å². The second kappa shape index (κ2) is 3.53. The fraction of sp³-hybridized carbons (Fsp3) is 0.375. The summed E-state index contributed by atoms with van der Waals surface area (Å²) in [6.07, 6.45) is 0. The molecule has 0 aromatic carbocycles. The van der Waals surface area contributed by atoms with Crippen LogP contribution in [-0.4, -0.2) is 12.3 Å². The topological polar surface area (TPSA) is 29.1 Å². The molecule has 0 aliphatic heterocycles. The Morgan fingerprint density at radius 3 is 2.91 bits per heavy atom. The number of Topliss-reactive ketones (excluding diaryl/α,β-unsaturated/α-hetero) is 1. The van der Waals surface area contributed by atoms with Gasteiger partial charge in [-0.05, 0) is 30.9 Å². The molecular weight excluding hydrogens is 158 g/mol. The maximum Gasteiger partial charge on any atom is 0.148 e. The molecule has 0 unspecified atom stereocenters. The van der Waals surface area contributed by atoms with Crippen LogP contribution in [0, 0.1) is 6.92 Å². The number of thiophene rings is 1. The lowest BCUT2D eigenvalue weighted by molar-refractivity contribution is -0.115. The molecule has 0 saturated heterocycles. The van der Waals surface area contributed by atoms with E-state index in [1.165, 1.54) is 5.56 Å². The maximum atomic E-state index is 10.6. The van der Waals surface area contributed by atoms with Gasteiger partial charge in [-0.3, -0.25) is 4.79 Å². The average molecular weight is 169 g/mol. The third-order valence-corrected chi connectivity index (χ3v) is 2.33. The van der Waals surface area contributed by atoms with Crippen molar-refractivity contribution in [1.29, 1.82) is 0 Å². The van der Waals surface area contributed by atoms with E-state index >= 15 is 0 Å². The second-order valence-corrected chi connectivity index (χ2v) is 3.40. The monoisotopic (exact) mass is 169 g/mol. The van der Waals surface area contributed by atoms with E-state index in [-0.39, 0.29) is 5.78 Å². The number of rotatable bonds is 3. The zero-order chi connectivity index (χ0) is 8.27. The summed E-state index contributed by atoms with van der Waals surface area (Å²) in [5, 5.41) is 6.17. The van der Waals surface area contributed by atoms with Gasteiger partial charge in [-0.25, -0.2) is 0 Å². The Morgan fingerprint density at radius 2 is 2.45 bits per heavy atom. The molecule has 2 nitrogen and oxygen atoms in total. The van der Waals surface area contributed by atoms with Crippen LogP contribution in [0.25, 0.3) is 0 Å². The molecule has 11 heavy (non-hydrogen) atoms. The minimum absolute atomic E-state index is 0.165. The number of anilines is 1. The average Bonchev–Trinajstić information content (AvgIpc) is 2.31. The standard InChI is InChI=1S/C8H11NOS/c1-6-3-4-11-8(6)9-5-7(2)10/h3-4,9H,5H2,1-2H3. The molecule has 0 amide bonds. The van der Waals surface area contributed by atoms with Gasteiger partial charge in [0, 0.05) is 0 Å². The molecular formula is C8H11NOS. The third kappa shape index (κ3) is 2.35. The van der Waals surface area contributed by atoms with Crippen molar-refractivity contribution in [2.24, 2.45) is 0 Å². The highest BCUT2D eigenvalue weighted by atomic mass is 32.1. The Bertz CT molecular complexity index is 254. The minimum atomic E-state index is 0.165. The normalized spacial score (nSPS) is 9.64.